The normalized spacial score (nSPS) is 20.3. The Morgan fingerprint density at radius 2 is 1.96 bits per heavy atom. The number of hydrogen-bond acceptors (Lipinski definition) is 4. The molecule has 0 amide bonds. The molecule has 2 aromatic rings. The van der Waals surface area contributed by atoms with Crippen LogP contribution in [0, 0.1) is 0 Å². The zero-order valence-electron chi connectivity index (χ0n) is 15.2. The molecule has 0 aromatic heterocycles. The van der Waals surface area contributed by atoms with Gasteiger partial charge in [-0.1, -0.05) is 12.1 Å². The lowest BCUT2D eigenvalue weighted by Crippen LogP contribution is -2.09. The summed E-state index contributed by atoms with van der Waals surface area (Å²) >= 11 is 0. The van der Waals surface area contributed by atoms with E-state index in [-0.39, 0.29) is 24.4 Å². The van der Waals surface area contributed by atoms with Crippen LogP contribution in [0.25, 0.3) is 0 Å². The Bertz CT molecular complexity index is 907. The van der Waals surface area contributed by atoms with E-state index in [2.05, 4.69) is 0 Å². The van der Waals surface area contributed by atoms with E-state index < -0.39 is 11.7 Å². The molecule has 0 fully saturated rings. The predicted molar refractivity (Wildman–Crippen MR) is 94.4 cm³/mol. The molecule has 148 valence electrons. The second-order valence-electron chi connectivity index (χ2n) is 7.04. The highest BCUT2D eigenvalue weighted by atomic mass is 19.4. The lowest BCUT2D eigenvalue weighted by Gasteiger charge is -2.16. The number of halogens is 3. The van der Waals surface area contributed by atoms with Gasteiger partial charge in [0, 0.05) is 17.5 Å². The van der Waals surface area contributed by atoms with Crippen molar-refractivity contribution in [2.45, 2.75) is 37.5 Å². The Labute approximate surface area is 160 Å². The summed E-state index contributed by atoms with van der Waals surface area (Å²) in [4.78, 5) is 11.5. The van der Waals surface area contributed by atoms with Crippen molar-refractivity contribution in [2.24, 2.45) is 0 Å². The van der Waals surface area contributed by atoms with Crippen LogP contribution in [0.4, 0.5) is 13.2 Å². The molecule has 1 aliphatic carbocycles. The van der Waals surface area contributed by atoms with Crippen LogP contribution < -0.4 is 9.47 Å². The molecular weight excluding hydrogens is 373 g/mol. The lowest BCUT2D eigenvalue weighted by molar-refractivity contribution is -0.141. The first-order valence-electron chi connectivity index (χ1n) is 9.05. The van der Waals surface area contributed by atoms with Crippen LogP contribution >= 0.6 is 0 Å². The molecule has 28 heavy (non-hydrogen) atoms. The van der Waals surface area contributed by atoms with E-state index >= 15 is 0 Å². The van der Waals surface area contributed by atoms with E-state index in [0.29, 0.717) is 36.5 Å². The first-order chi connectivity index (χ1) is 13.3. The summed E-state index contributed by atoms with van der Waals surface area (Å²) in [6.07, 6.45) is -3.21. The van der Waals surface area contributed by atoms with Gasteiger partial charge in [0.05, 0.1) is 25.7 Å². The van der Waals surface area contributed by atoms with Crippen LogP contribution in [-0.2, 0) is 22.1 Å². The number of esters is 1. The van der Waals surface area contributed by atoms with Gasteiger partial charge in [0.1, 0.15) is 17.6 Å². The average molecular weight is 392 g/mol. The molecule has 0 saturated heterocycles. The molecule has 0 N–H and O–H groups in total. The number of fused-ring (bicyclic) bond motifs is 2. The molecule has 1 aliphatic heterocycles. The van der Waals surface area contributed by atoms with Crippen molar-refractivity contribution in [2.75, 3.05) is 13.7 Å². The first-order valence-corrected chi connectivity index (χ1v) is 9.05. The zero-order chi connectivity index (χ0) is 19.9. The number of hydrogen-bond donors (Lipinski definition) is 0. The maximum absolute atomic E-state index is 12.9. The third-order valence-electron chi connectivity index (χ3n) is 5.28. The first kappa shape index (κ1) is 18.7. The number of rotatable bonds is 4. The lowest BCUT2D eigenvalue weighted by atomic mass is 9.98. The van der Waals surface area contributed by atoms with Crippen LogP contribution in [-0.4, -0.2) is 19.7 Å². The van der Waals surface area contributed by atoms with E-state index in [9.17, 15) is 18.0 Å². The molecule has 0 saturated carbocycles. The number of methoxy groups -OCH3 is 1. The van der Waals surface area contributed by atoms with Crippen LogP contribution in [0.1, 0.15) is 47.1 Å². The van der Waals surface area contributed by atoms with Crippen molar-refractivity contribution in [3.05, 3.63) is 58.7 Å². The van der Waals surface area contributed by atoms with Gasteiger partial charge >= 0.3 is 12.1 Å². The standard InChI is InChI=1S/C21H19F3O4/c1-26-20(25)9-13-11-27-19-10-15(4-6-17(13)19)28-18-7-2-12-8-14(21(22,23)24)3-5-16(12)18/h3-6,8,10,13,18H,2,7,9,11H2,1H3. The number of benzene rings is 2. The molecule has 0 radical (unpaired) electrons. The van der Waals surface area contributed by atoms with Crippen LogP contribution in [0.3, 0.4) is 0 Å². The van der Waals surface area contributed by atoms with Crippen molar-refractivity contribution in [3.63, 3.8) is 0 Å². The Hall–Kier alpha value is -2.70. The predicted octanol–water partition coefficient (Wildman–Crippen LogP) is 4.81. The van der Waals surface area contributed by atoms with Crippen molar-refractivity contribution < 1.29 is 32.2 Å². The minimum atomic E-state index is -4.34. The largest absolute Gasteiger partial charge is 0.492 e. The molecule has 2 unspecified atom stereocenters. The van der Waals surface area contributed by atoms with Gasteiger partial charge < -0.3 is 14.2 Å². The fourth-order valence-electron chi connectivity index (χ4n) is 3.83. The Morgan fingerprint density at radius 1 is 1.18 bits per heavy atom. The summed E-state index contributed by atoms with van der Waals surface area (Å²) < 4.78 is 55.1. The molecule has 2 aliphatic rings. The maximum Gasteiger partial charge on any atom is 0.416 e. The molecule has 4 nitrogen and oxygen atoms in total. The average Bonchev–Trinajstić information content (AvgIpc) is 3.24. The summed E-state index contributed by atoms with van der Waals surface area (Å²) in [7, 11) is 1.35. The van der Waals surface area contributed by atoms with Crippen LogP contribution in [0.2, 0.25) is 0 Å². The van der Waals surface area contributed by atoms with Gasteiger partial charge in [0.15, 0.2) is 0 Å². The van der Waals surface area contributed by atoms with Gasteiger partial charge in [-0.05, 0) is 42.2 Å². The fraction of sp³-hybridized carbons (Fsp3) is 0.381. The number of alkyl halides is 3. The Morgan fingerprint density at radius 3 is 2.71 bits per heavy atom. The van der Waals surface area contributed by atoms with Crippen LogP contribution in [0.15, 0.2) is 36.4 Å². The molecule has 2 aromatic carbocycles. The molecular formula is C21H19F3O4. The van der Waals surface area contributed by atoms with E-state index in [1.54, 1.807) is 12.1 Å². The molecule has 2 atom stereocenters. The molecule has 0 bridgehead atoms. The van der Waals surface area contributed by atoms with Gasteiger partial charge in [0.2, 0.25) is 0 Å². The summed E-state index contributed by atoms with van der Waals surface area (Å²) in [5.74, 6) is 0.916. The molecule has 7 heteroatoms. The molecule has 1 heterocycles. The van der Waals surface area contributed by atoms with E-state index in [0.717, 1.165) is 17.2 Å². The maximum atomic E-state index is 12.9. The zero-order valence-corrected chi connectivity index (χ0v) is 15.2. The SMILES string of the molecule is COC(=O)CC1COc2cc(OC3CCc4cc(C(F)(F)F)ccc43)ccc21. The van der Waals surface area contributed by atoms with Gasteiger partial charge in [-0.15, -0.1) is 0 Å². The number of carbonyl (C=O) groups excluding carboxylic acids is 1. The fourth-order valence-corrected chi connectivity index (χ4v) is 3.83. The summed E-state index contributed by atoms with van der Waals surface area (Å²) in [5.41, 5.74) is 1.77. The van der Waals surface area contributed by atoms with E-state index in [1.165, 1.54) is 19.2 Å². The number of ether oxygens (including phenoxy) is 3. The minimum Gasteiger partial charge on any atom is -0.492 e. The van der Waals surface area contributed by atoms with Gasteiger partial charge in [-0.2, -0.15) is 13.2 Å². The highest BCUT2D eigenvalue weighted by Gasteiger charge is 2.34. The Balaban J connectivity index is 1.49. The van der Waals surface area contributed by atoms with E-state index in [4.69, 9.17) is 14.2 Å². The minimum absolute atomic E-state index is 0.0514. The highest BCUT2D eigenvalue weighted by molar-refractivity contribution is 5.71. The quantitative estimate of drug-likeness (QED) is 0.701. The molecule has 0 spiro atoms. The van der Waals surface area contributed by atoms with Gasteiger partial charge in [-0.3, -0.25) is 4.79 Å². The van der Waals surface area contributed by atoms with Crippen molar-refractivity contribution in [1.82, 2.24) is 0 Å². The number of carbonyl (C=O) groups is 1. The topological polar surface area (TPSA) is 44.8 Å². The van der Waals surface area contributed by atoms with Gasteiger partial charge in [-0.25, -0.2) is 0 Å². The second kappa shape index (κ2) is 7.04. The third kappa shape index (κ3) is 3.53. The number of aryl methyl sites for hydroxylation is 1. The third-order valence-corrected chi connectivity index (χ3v) is 5.28. The van der Waals surface area contributed by atoms with Crippen molar-refractivity contribution in [3.8, 4) is 11.5 Å². The van der Waals surface area contributed by atoms with Gasteiger partial charge in [0.25, 0.3) is 0 Å². The summed E-state index contributed by atoms with van der Waals surface area (Å²) in [5, 5.41) is 0. The summed E-state index contributed by atoms with van der Waals surface area (Å²) in [6.45, 7) is 0.403. The Kier molecular flexibility index (Phi) is 4.69. The second-order valence-corrected chi connectivity index (χ2v) is 7.04. The van der Waals surface area contributed by atoms with Crippen LogP contribution in [0.5, 0.6) is 11.5 Å². The van der Waals surface area contributed by atoms with Crippen molar-refractivity contribution >= 4 is 5.97 Å². The monoisotopic (exact) mass is 392 g/mol. The smallest absolute Gasteiger partial charge is 0.416 e. The summed E-state index contributed by atoms with van der Waals surface area (Å²) in [6, 6.07) is 9.26. The highest BCUT2D eigenvalue weighted by Crippen LogP contribution is 2.42. The van der Waals surface area contributed by atoms with E-state index in [1.807, 2.05) is 6.07 Å². The van der Waals surface area contributed by atoms with Crippen molar-refractivity contribution in [1.29, 1.82) is 0 Å². The molecule has 4 rings (SSSR count).